The third kappa shape index (κ3) is 1.44. The van der Waals surface area contributed by atoms with Gasteiger partial charge in [-0.1, -0.05) is 6.07 Å². The Labute approximate surface area is 97.9 Å². The van der Waals surface area contributed by atoms with Crippen molar-refractivity contribution in [3.8, 4) is 11.1 Å². The van der Waals surface area contributed by atoms with Gasteiger partial charge in [-0.2, -0.15) is 0 Å². The van der Waals surface area contributed by atoms with Gasteiger partial charge >= 0.3 is 0 Å². The van der Waals surface area contributed by atoms with E-state index in [0.29, 0.717) is 0 Å². The largest absolute Gasteiger partial charge is 0.384 e. The van der Waals surface area contributed by atoms with E-state index in [4.69, 9.17) is 0 Å². The lowest BCUT2D eigenvalue weighted by molar-refractivity contribution is 0.112. The molecule has 0 unspecified atom stereocenters. The topological polar surface area (TPSA) is 29.1 Å². The van der Waals surface area contributed by atoms with Crippen LogP contribution < -0.4 is 5.32 Å². The average Bonchev–Trinajstić information content (AvgIpc) is 2.96. The second-order valence-electron chi connectivity index (χ2n) is 3.87. The van der Waals surface area contributed by atoms with E-state index in [9.17, 15) is 4.79 Å². The van der Waals surface area contributed by atoms with Crippen LogP contribution in [-0.2, 0) is 6.42 Å². The van der Waals surface area contributed by atoms with Gasteiger partial charge in [-0.05, 0) is 41.1 Å². The number of aldehydes is 1. The molecule has 16 heavy (non-hydrogen) atoms. The first kappa shape index (κ1) is 9.60. The maximum Gasteiger partial charge on any atom is 0.160 e. The van der Waals surface area contributed by atoms with Gasteiger partial charge in [0.05, 0.1) is 4.88 Å². The Morgan fingerprint density at radius 2 is 2.25 bits per heavy atom. The Hall–Kier alpha value is -1.61. The highest BCUT2D eigenvalue weighted by Gasteiger charge is 2.12. The molecule has 3 rings (SSSR count). The lowest BCUT2D eigenvalue weighted by Gasteiger charge is -2.03. The van der Waals surface area contributed by atoms with Crippen molar-refractivity contribution in [2.24, 2.45) is 0 Å². The van der Waals surface area contributed by atoms with Crippen LogP contribution in [0.2, 0.25) is 0 Å². The Morgan fingerprint density at radius 1 is 1.31 bits per heavy atom. The highest BCUT2D eigenvalue weighted by molar-refractivity contribution is 7.12. The highest BCUT2D eigenvalue weighted by Crippen LogP contribution is 2.31. The molecule has 2 aromatic rings. The minimum atomic E-state index is 0.811. The maximum atomic E-state index is 10.9. The molecule has 0 saturated carbocycles. The zero-order chi connectivity index (χ0) is 11.0. The normalized spacial score (nSPS) is 13.2. The Morgan fingerprint density at radius 3 is 3.12 bits per heavy atom. The molecule has 1 aliphatic heterocycles. The standard InChI is InChI=1S/C13H11NOS/c15-8-13-11(4-6-16-13)9-1-2-12-10(7-9)3-5-14-12/h1-2,4,6-8,14H,3,5H2. The van der Waals surface area contributed by atoms with E-state index in [-0.39, 0.29) is 0 Å². The van der Waals surface area contributed by atoms with Gasteiger partial charge in [-0.25, -0.2) is 0 Å². The van der Waals surface area contributed by atoms with Crippen molar-refractivity contribution in [1.29, 1.82) is 0 Å². The number of anilines is 1. The number of hydrogen-bond donors (Lipinski definition) is 1. The fourth-order valence-electron chi connectivity index (χ4n) is 2.12. The molecule has 3 heteroatoms. The molecule has 0 saturated heterocycles. The summed E-state index contributed by atoms with van der Waals surface area (Å²) in [7, 11) is 0. The van der Waals surface area contributed by atoms with E-state index in [1.54, 1.807) is 0 Å². The molecule has 0 atom stereocenters. The lowest BCUT2D eigenvalue weighted by atomic mass is 10.0. The van der Waals surface area contributed by atoms with Crippen molar-refractivity contribution < 1.29 is 4.79 Å². The zero-order valence-electron chi connectivity index (χ0n) is 8.69. The van der Waals surface area contributed by atoms with Gasteiger partial charge in [0.1, 0.15) is 0 Å². The van der Waals surface area contributed by atoms with Gasteiger partial charge in [0.15, 0.2) is 6.29 Å². The predicted octanol–water partition coefficient (Wildman–Crippen LogP) is 3.20. The van der Waals surface area contributed by atoms with Crippen molar-refractivity contribution in [1.82, 2.24) is 0 Å². The molecule has 0 bridgehead atoms. The number of fused-ring (bicyclic) bond motifs is 1. The first-order valence-corrected chi connectivity index (χ1v) is 6.16. The van der Waals surface area contributed by atoms with Crippen LogP contribution >= 0.6 is 11.3 Å². The number of carbonyl (C=O) groups is 1. The van der Waals surface area contributed by atoms with Crippen molar-refractivity contribution in [2.45, 2.75) is 6.42 Å². The second-order valence-corrected chi connectivity index (χ2v) is 4.81. The third-order valence-electron chi connectivity index (χ3n) is 2.93. The van der Waals surface area contributed by atoms with E-state index in [1.165, 1.54) is 22.6 Å². The van der Waals surface area contributed by atoms with Gasteiger partial charge in [0, 0.05) is 17.8 Å². The smallest absolute Gasteiger partial charge is 0.160 e. The minimum Gasteiger partial charge on any atom is -0.384 e. The number of benzene rings is 1. The van der Waals surface area contributed by atoms with Crippen LogP contribution in [0.3, 0.4) is 0 Å². The molecule has 1 N–H and O–H groups in total. The number of hydrogen-bond acceptors (Lipinski definition) is 3. The van der Waals surface area contributed by atoms with Crippen molar-refractivity contribution in [3.05, 3.63) is 40.1 Å². The molecule has 2 heterocycles. The summed E-state index contributed by atoms with van der Waals surface area (Å²) in [5, 5.41) is 5.30. The molecular weight excluding hydrogens is 218 g/mol. The summed E-state index contributed by atoms with van der Waals surface area (Å²) in [6.45, 7) is 1.02. The summed E-state index contributed by atoms with van der Waals surface area (Å²) >= 11 is 1.49. The summed E-state index contributed by atoms with van der Waals surface area (Å²) in [4.78, 5) is 11.7. The van der Waals surface area contributed by atoms with Crippen molar-refractivity contribution in [3.63, 3.8) is 0 Å². The van der Waals surface area contributed by atoms with Gasteiger partial charge in [-0.3, -0.25) is 4.79 Å². The first-order valence-electron chi connectivity index (χ1n) is 5.28. The first-order chi connectivity index (χ1) is 7.88. The van der Waals surface area contributed by atoms with Crippen LogP contribution in [0.5, 0.6) is 0 Å². The van der Waals surface area contributed by atoms with E-state index in [0.717, 1.165) is 35.3 Å². The molecule has 1 aliphatic rings. The lowest BCUT2D eigenvalue weighted by Crippen LogP contribution is -1.90. The predicted molar refractivity (Wildman–Crippen MR) is 67.3 cm³/mol. The monoisotopic (exact) mass is 229 g/mol. The molecule has 1 aromatic heterocycles. The van der Waals surface area contributed by atoms with Gasteiger partial charge in [-0.15, -0.1) is 11.3 Å². The Kier molecular flexibility index (Phi) is 2.26. The molecule has 0 amide bonds. The molecule has 0 spiro atoms. The second kappa shape index (κ2) is 3.76. The number of carbonyl (C=O) groups excluding carboxylic acids is 1. The summed E-state index contributed by atoms with van der Waals surface area (Å²) in [6, 6.07) is 8.37. The van der Waals surface area contributed by atoms with Crippen LogP contribution in [0.1, 0.15) is 15.2 Å². The van der Waals surface area contributed by atoms with Crippen LogP contribution in [-0.4, -0.2) is 12.8 Å². The molecule has 0 fully saturated rings. The minimum absolute atomic E-state index is 0.811. The van der Waals surface area contributed by atoms with Crippen LogP contribution in [0.4, 0.5) is 5.69 Å². The molecule has 0 aliphatic carbocycles. The number of thiophene rings is 1. The van der Waals surface area contributed by atoms with E-state index < -0.39 is 0 Å². The number of rotatable bonds is 2. The van der Waals surface area contributed by atoms with Gasteiger partial charge < -0.3 is 5.32 Å². The zero-order valence-corrected chi connectivity index (χ0v) is 9.51. The average molecular weight is 229 g/mol. The summed E-state index contributed by atoms with van der Waals surface area (Å²) in [6.07, 6.45) is 2.01. The van der Waals surface area contributed by atoms with E-state index >= 15 is 0 Å². The quantitative estimate of drug-likeness (QED) is 0.801. The van der Waals surface area contributed by atoms with Crippen LogP contribution in [0.15, 0.2) is 29.6 Å². The SMILES string of the molecule is O=Cc1sccc1-c1ccc2c(c1)CCN2. The molecule has 80 valence electrons. The van der Waals surface area contributed by atoms with Crippen LogP contribution in [0.25, 0.3) is 11.1 Å². The van der Waals surface area contributed by atoms with Gasteiger partial charge in [0.25, 0.3) is 0 Å². The maximum absolute atomic E-state index is 10.9. The highest BCUT2D eigenvalue weighted by atomic mass is 32.1. The van der Waals surface area contributed by atoms with E-state index in [1.807, 2.05) is 11.4 Å². The van der Waals surface area contributed by atoms with Crippen molar-refractivity contribution in [2.75, 3.05) is 11.9 Å². The van der Waals surface area contributed by atoms with E-state index in [2.05, 4.69) is 23.5 Å². The van der Waals surface area contributed by atoms with Gasteiger partial charge in [0.2, 0.25) is 0 Å². The fraction of sp³-hybridized carbons (Fsp3) is 0.154. The van der Waals surface area contributed by atoms with Crippen molar-refractivity contribution >= 4 is 23.3 Å². The molecular formula is C13H11NOS. The summed E-state index contributed by atoms with van der Waals surface area (Å²) in [5.74, 6) is 0. The summed E-state index contributed by atoms with van der Waals surface area (Å²) in [5.41, 5.74) is 4.77. The summed E-state index contributed by atoms with van der Waals surface area (Å²) < 4.78 is 0. The molecule has 2 nitrogen and oxygen atoms in total. The fourth-order valence-corrected chi connectivity index (χ4v) is 2.84. The van der Waals surface area contributed by atoms with Crippen LogP contribution in [0, 0.1) is 0 Å². The Balaban J connectivity index is 2.10. The molecule has 1 aromatic carbocycles. The number of nitrogens with one attached hydrogen (secondary N) is 1. The molecule has 0 radical (unpaired) electrons. The Bertz CT molecular complexity index is 545. The third-order valence-corrected chi connectivity index (χ3v) is 3.77.